The van der Waals surface area contributed by atoms with Crippen molar-refractivity contribution in [1.29, 1.82) is 0 Å². The first kappa shape index (κ1) is 25.3. The molecule has 0 aliphatic carbocycles. The molecule has 5 rings (SSSR count). The monoisotopic (exact) mass is 531 g/mol. The van der Waals surface area contributed by atoms with Crippen molar-refractivity contribution in [2.24, 2.45) is 5.92 Å². The molecule has 0 unspecified atom stereocenters. The lowest BCUT2D eigenvalue weighted by atomic mass is 9.99. The number of amides is 1. The molecule has 1 fully saturated rings. The maximum absolute atomic E-state index is 12.6. The van der Waals surface area contributed by atoms with Crippen molar-refractivity contribution in [2.75, 3.05) is 36.5 Å². The van der Waals surface area contributed by atoms with Gasteiger partial charge < -0.3 is 20.7 Å². The molecule has 38 heavy (non-hydrogen) atoms. The Labute approximate surface area is 221 Å². The lowest BCUT2D eigenvalue weighted by Gasteiger charge is -2.41. The highest BCUT2D eigenvalue weighted by Gasteiger charge is 2.27. The van der Waals surface area contributed by atoms with E-state index in [2.05, 4.69) is 27.3 Å². The van der Waals surface area contributed by atoms with Crippen LogP contribution in [0, 0.1) is 5.92 Å². The highest BCUT2D eigenvalue weighted by molar-refractivity contribution is 7.90. The van der Waals surface area contributed by atoms with Crippen molar-refractivity contribution in [2.45, 2.75) is 11.5 Å². The van der Waals surface area contributed by atoms with E-state index in [1.165, 1.54) is 28.7 Å². The summed E-state index contributed by atoms with van der Waals surface area (Å²) in [6.45, 7) is 2.66. The second kappa shape index (κ2) is 10.6. The molecule has 1 amide bonds. The lowest BCUT2D eigenvalue weighted by Crippen LogP contribution is -2.51. The second-order valence-electron chi connectivity index (χ2n) is 9.40. The van der Waals surface area contributed by atoms with Crippen LogP contribution in [0.25, 0.3) is 11.3 Å². The molecule has 3 N–H and O–H groups in total. The molecule has 10 heteroatoms. The Morgan fingerprint density at radius 2 is 1.82 bits per heavy atom. The highest BCUT2D eigenvalue weighted by Crippen LogP contribution is 2.25. The summed E-state index contributed by atoms with van der Waals surface area (Å²) in [4.78, 5) is 19.4. The minimum atomic E-state index is -3.32. The quantitative estimate of drug-likeness (QED) is 0.332. The van der Waals surface area contributed by atoms with Gasteiger partial charge in [0.25, 0.3) is 0 Å². The maximum Gasteiger partial charge on any atom is 0.326 e. The number of anilines is 2. The topological polar surface area (TPSA) is 120 Å². The normalized spacial score (nSPS) is 13.7. The summed E-state index contributed by atoms with van der Waals surface area (Å²) < 4.78 is 30.6. The van der Waals surface area contributed by atoms with Crippen LogP contribution in [-0.2, 0) is 16.4 Å². The molecule has 4 aromatic rings. The predicted molar refractivity (Wildman–Crippen MR) is 147 cm³/mol. The third-order valence-corrected chi connectivity index (χ3v) is 7.64. The Hall–Kier alpha value is -4.31. The van der Waals surface area contributed by atoms with Crippen LogP contribution in [0.2, 0.25) is 0 Å². The summed E-state index contributed by atoms with van der Waals surface area (Å²) in [5.74, 6) is 1.05. The first-order chi connectivity index (χ1) is 18.3. The summed E-state index contributed by atoms with van der Waals surface area (Å²) in [5.41, 5.74) is 9.78. The van der Waals surface area contributed by atoms with Crippen LogP contribution in [0.1, 0.15) is 5.56 Å². The van der Waals surface area contributed by atoms with Gasteiger partial charge >= 0.3 is 6.03 Å². The Morgan fingerprint density at radius 1 is 1.08 bits per heavy atom. The largest absolute Gasteiger partial charge is 0.489 e. The third-order valence-electron chi connectivity index (χ3n) is 6.53. The van der Waals surface area contributed by atoms with E-state index in [9.17, 15) is 13.2 Å². The summed E-state index contributed by atoms with van der Waals surface area (Å²) in [6.07, 6.45) is 4.35. The molecule has 0 saturated carbocycles. The minimum absolute atomic E-state index is 0.175. The molecule has 0 radical (unpaired) electrons. The predicted octanol–water partition coefficient (Wildman–Crippen LogP) is 3.81. The van der Waals surface area contributed by atoms with Crippen LogP contribution in [0.5, 0.6) is 5.75 Å². The number of sulfone groups is 1. The molecule has 1 aromatic heterocycles. The number of hydrogen-bond donors (Lipinski definition) is 2. The number of nitrogens with zero attached hydrogens (tertiary/aromatic N) is 3. The third kappa shape index (κ3) is 5.81. The van der Waals surface area contributed by atoms with Crippen molar-refractivity contribution < 1.29 is 17.9 Å². The van der Waals surface area contributed by atoms with Crippen molar-refractivity contribution in [3.8, 4) is 17.0 Å². The molecule has 1 aliphatic rings. The van der Waals surface area contributed by atoms with Gasteiger partial charge in [-0.3, -0.25) is 4.57 Å². The molecule has 9 nitrogen and oxygen atoms in total. The van der Waals surface area contributed by atoms with Crippen molar-refractivity contribution >= 4 is 27.2 Å². The Kier molecular flexibility index (Phi) is 7.06. The molecule has 0 atom stereocenters. The number of nitrogen functional groups attached to an aromatic ring is 1. The SMILES string of the molecule is CS(=O)(=O)c1ccc(COc2ccc(-c3cn(C(=O)NCC4CN(c5ccccc5)C4)cn3)cc2)c(N)c1. The molecule has 0 bridgehead atoms. The van der Waals surface area contributed by atoms with Crippen LogP contribution in [-0.4, -0.2) is 49.9 Å². The zero-order valence-electron chi connectivity index (χ0n) is 20.9. The number of nitrogens with two attached hydrogens (primary N) is 1. The fourth-order valence-corrected chi connectivity index (χ4v) is 4.93. The van der Waals surface area contributed by atoms with Gasteiger partial charge in [0.1, 0.15) is 18.7 Å². The van der Waals surface area contributed by atoms with Crippen LogP contribution < -0.4 is 20.7 Å². The summed E-state index contributed by atoms with van der Waals surface area (Å²) >= 11 is 0. The minimum Gasteiger partial charge on any atom is -0.489 e. The van der Waals surface area contributed by atoms with E-state index >= 15 is 0 Å². The Bertz CT molecular complexity index is 1530. The molecular weight excluding hydrogens is 502 g/mol. The molecule has 196 valence electrons. The molecule has 2 heterocycles. The zero-order valence-corrected chi connectivity index (χ0v) is 21.8. The van der Waals surface area contributed by atoms with E-state index < -0.39 is 9.84 Å². The fraction of sp³-hybridized carbons (Fsp3) is 0.214. The first-order valence-corrected chi connectivity index (χ1v) is 14.1. The second-order valence-corrected chi connectivity index (χ2v) is 11.4. The number of imidazole rings is 1. The average molecular weight is 532 g/mol. The summed E-state index contributed by atoms with van der Waals surface area (Å²) in [6, 6.07) is 22.0. The van der Waals surface area contributed by atoms with Gasteiger partial charge in [0, 0.05) is 60.5 Å². The number of carbonyl (C=O) groups excluding carboxylic acids is 1. The van der Waals surface area contributed by atoms with Crippen molar-refractivity contribution in [3.63, 3.8) is 0 Å². The van der Waals surface area contributed by atoms with Gasteiger partial charge in [-0.25, -0.2) is 18.2 Å². The summed E-state index contributed by atoms with van der Waals surface area (Å²) in [7, 11) is -3.32. The molecule has 0 spiro atoms. The smallest absolute Gasteiger partial charge is 0.326 e. The van der Waals surface area contributed by atoms with E-state index in [-0.39, 0.29) is 17.5 Å². The molecular formula is C28H29N5O4S. The fourth-order valence-electron chi connectivity index (χ4n) is 4.27. The zero-order chi connectivity index (χ0) is 26.7. The number of aromatic nitrogens is 2. The van der Waals surface area contributed by atoms with Gasteiger partial charge in [-0.2, -0.15) is 0 Å². The lowest BCUT2D eigenvalue weighted by molar-refractivity contribution is 0.238. The molecule has 3 aromatic carbocycles. The standard InChI is InChI=1S/C28H29N5O4S/c1-38(35,36)25-12-9-22(26(29)13-25)18-37-24-10-7-21(8-11-24)27-17-33(19-31-27)28(34)30-14-20-15-32(16-20)23-5-3-2-4-6-23/h2-13,17,19-20H,14-16,18,29H2,1H3,(H,30,34). The number of carbonyl (C=O) groups is 1. The van der Waals surface area contributed by atoms with Gasteiger partial charge in [-0.05, 0) is 48.5 Å². The van der Waals surface area contributed by atoms with E-state index in [1.54, 1.807) is 12.3 Å². The van der Waals surface area contributed by atoms with Crippen LogP contribution in [0.4, 0.5) is 16.2 Å². The van der Waals surface area contributed by atoms with E-state index in [0.717, 1.165) is 24.9 Å². The average Bonchev–Trinajstić information content (AvgIpc) is 3.38. The van der Waals surface area contributed by atoms with E-state index in [1.807, 2.05) is 42.5 Å². The maximum atomic E-state index is 12.6. The molecule has 1 saturated heterocycles. The molecule has 1 aliphatic heterocycles. The van der Waals surface area contributed by atoms with Crippen molar-refractivity contribution in [1.82, 2.24) is 14.9 Å². The number of para-hydroxylation sites is 1. The van der Waals surface area contributed by atoms with E-state index in [4.69, 9.17) is 10.5 Å². The number of nitrogens with one attached hydrogen (secondary N) is 1. The highest BCUT2D eigenvalue weighted by atomic mass is 32.2. The van der Waals surface area contributed by atoms with Crippen LogP contribution >= 0.6 is 0 Å². The first-order valence-electron chi connectivity index (χ1n) is 12.2. The Morgan fingerprint density at radius 3 is 2.50 bits per heavy atom. The van der Waals surface area contributed by atoms with Gasteiger partial charge in [0.15, 0.2) is 9.84 Å². The summed E-state index contributed by atoms with van der Waals surface area (Å²) in [5, 5.41) is 2.99. The number of benzene rings is 3. The number of ether oxygens (including phenoxy) is 1. The van der Waals surface area contributed by atoms with E-state index in [0.29, 0.717) is 35.2 Å². The van der Waals surface area contributed by atoms with Gasteiger partial charge in [0.2, 0.25) is 0 Å². The van der Waals surface area contributed by atoms with Gasteiger partial charge in [-0.1, -0.05) is 24.3 Å². The van der Waals surface area contributed by atoms with Gasteiger partial charge in [-0.15, -0.1) is 0 Å². The van der Waals surface area contributed by atoms with Crippen molar-refractivity contribution in [3.05, 3.63) is 90.9 Å². The van der Waals surface area contributed by atoms with Crippen LogP contribution in [0.3, 0.4) is 0 Å². The van der Waals surface area contributed by atoms with Gasteiger partial charge in [0.05, 0.1) is 10.6 Å². The number of hydrogen-bond acceptors (Lipinski definition) is 7. The Balaban J connectivity index is 1.11. The number of rotatable bonds is 8. The van der Waals surface area contributed by atoms with Crippen LogP contribution in [0.15, 0.2) is 90.2 Å².